The predicted octanol–water partition coefficient (Wildman–Crippen LogP) is 6.74. The maximum Gasteiger partial charge on any atom is 0.264 e. The van der Waals surface area contributed by atoms with Crippen molar-refractivity contribution in [2.75, 3.05) is 10.8 Å². The first-order chi connectivity index (χ1) is 20.8. The van der Waals surface area contributed by atoms with E-state index < -0.39 is 34.1 Å². The van der Waals surface area contributed by atoms with Crippen LogP contribution >= 0.6 is 23.2 Å². The molecule has 0 aliphatic rings. The third-order valence-electron chi connectivity index (χ3n) is 6.71. The smallest absolute Gasteiger partial charge is 0.264 e. The molecule has 0 saturated carbocycles. The summed E-state index contributed by atoms with van der Waals surface area (Å²) >= 11 is 12.6. The Morgan fingerprint density at radius 3 is 1.80 bits per heavy atom. The zero-order chi connectivity index (χ0) is 31.9. The summed E-state index contributed by atoms with van der Waals surface area (Å²) in [5, 5.41) is 3.44. The fraction of sp³-hybridized carbons (Fsp3) is 0.235. The number of hydrogen-bond acceptors (Lipinski definition) is 4. The third kappa shape index (κ3) is 8.85. The lowest BCUT2D eigenvalue weighted by Crippen LogP contribution is -2.56. The van der Waals surface area contributed by atoms with Crippen molar-refractivity contribution in [2.24, 2.45) is 0 Å². The molecular weight excluding hydrogens is 617 g/mol. The van der Waals surface area contributed by atoms with Gasteiger partial charge in [-0.2, -0.15) is 0 Å². The molecule has 230 valence electrons. The monoisotopic (exact) mass is 651 g/mol. The molecule has 1 atom stereocenters. The van der Waals surface area contributed by atoms with Gasteiger partial charge in [-0.25, -0.2) is 8.42 Å². The van der Waals surface area contributed by atoms with Gasteiger partial charge in [0.15, 0.2) is 0 Å². The van der Waals surface area contributed by atoms with Crippen LogP contribution in [0.3, 0.4) is 0 Å². The Kier molecular flexibility index (Phi) is 10.7. The van der Waals surface area contributed by atoms with Crippen LogP contribution in [0.1, 0.15) is 31.9 Å². The van der Waals surface area contributed by atoms with E-state index in [-0.39, 0.29) is 39.5 Å². The molecule has 0 heterocycles. The number of rotatable bonds is 11. The molecule has 1 N–H and O–H groups in total. The van der Waals surface area contributed by atoms with E-state index >= 15 is 0 Å². The topological polar surface area (TPSA) is 86.8 Å². The van der Waals surface area contributed by atoms with Gasteiger partial charge in [-0.15, -0.1) is 0 Å². The van der Waals surface area contributed by atoms with E-state index in [9.17, 15) is 18.0 Å². The third-order valence-corrected chi connectivity index (χ3v) is 8.93. The largest absolute Gasteiger partial charge is 0.350 e. The highest BCUT2D eigenvalue weighted by Gasteiger charge is 2.35. The number of nitrogens with zero attached hydrogens (tertiary/aromatic N) is 2. The molecule has 4 aromatic rings. The number of halogens is 2. The van der Waals surface area contributed by atoms with Crippen LogP contribution in [-0.2, 0) is 32.6 Å². The molecule has 0 saturated heterocycles. The van der Waals surface area contributed by atoms with Crippen LogP contribution in [0.4, 0.5) is 5.69 Å². The molecule has 2 amide bonds. The maximum atomic E-state index is 14.5. The minimum atomic E-state index is -4.25. The quantitative estimate of drug-likeness (QED) is 0.194. The van der Waals surface area contributed by atoms with Gasteiger partial charge in [0.1, 0.15) is 12.6 Å². The van der Waals surface area contributed by atoms with Crippen molar-refractivity contribution in [3.05, 3.63) is 130 Å². The Morgan fingerprint density at radius 1 is 0.773 bits per heavy atom. The maximum absolute atomic E-state index is 14.5. The van der Waals surface area contributed by atoms with E-state index in [1.165, 1.54) is 35.2 Å². The van der Waals surface area contributed by atoms with E-state index in [1.54, 1.807) is 18.2 Å². The van der Waals surface area contributed by atoms with Gasteiger partial charge in [-0.3, -0.25) is 13.9 Å². The van der Waals surface area contributed by atoms with E-state index in [0.717, 1.165) is 15.4 Å². The summed E-state index contributed by atoms with van der Waals surface area (Å²) in [6.07, 6.45) is 0.218. The fourth-order valence-corrected chi connectivity index (χ4v) is 6.65. The molecule has 0 aliphatic carbocycles. The summed E-state index contributed by atoms with van der Waals surface area (Å²) < 4.78 is 29.1. The number of anilines is 1. The van der Waals surface area contributed by atoms with Crippen molar-refractivity contribution < 1.29 is 18.0 Å². The first-order valence-corrected chi connectivity index (χ1v) is 16.3. The molecule has 0 aliphatic heterocycles. The highest BCUT2D eigenvalue weighted by molar-refractivity contribution is 7.92. The van der Waals surface area contributed by atoms with Crippen LogP contribution in [0.2, 0.25) is 10.0 Å². The van der Waals surface area contributed by atoms with E-state index in [0.29, 0.717) is 0 Å². The second-order valence-electron chi connectivity index (χ2n) is 11.4. The number of nitrogens with one attached hydrogen (secondary N) is 1. The van der Waals surface area contributed by atoms with Crippen molar-refractivity contribution in [2.45, 2.75) is 50.2 Å². The average Bonchev–Trinajstić information content (AvgIpc) is 2.97. The van der Waals surface area contributed by atoms with Crippen LogP contribution in [-0.4, -0.2) is 43.3 Å². The van der Waals surface area contributed by atoms with E-state index in [2.05, 4.69) is 5.32 Å². The van der Waals surface area contributed by atoms with Gasteiger partial charge in [0.2, 0.25) is 11.8 Å². The summed E-state index contributed by atoms with van der Waals surface area (Å²) in [4.78, 5) is 29.8. The molecule has 0 bridgehead atoms. The first kappa shape index (κ1) is 33.1. The van der Waals surface area contributed by atoms with Crippen molar-refractivity contribution in [1.82, 2.24) is 10.2 Å². The van der Waals surface area contributed by atoms with Crippen molar-refractivity contribution in [3.8, 4) is 0 Å². The highest BCUT2D eigenvalue weighted by atomic mass is 35.5. The van der Waals surface area contributed by atoms with Gasteiger partial charge in [0.25, 0.3) is 10.0 Å². The highest BCUT2D eigenvalue weighted by Crippen LogP contribution is 2.30. The Labute approximate surface area is 269 Å². The second kappa shape index (κ2) is 14.3. The SMILES string of the molecule is CC(C)(C)NC(=O)[C@@H](Cc1ccccc1)N(Cc1ccccc1)C(=O)CN(c1cc(Cl)cc(Cl)c1)S(=O)(=O)c1ccccc1. The minimum Gasteiger partial charge on any atom is -0.350 e. The molecule has 7 nitrogen and oxygen atoms in total. The van der Waals surface area contributed by atoms with Crippen molar-refractivity contribution in [3.63, 3.8) is 0 Å². The minimum absolute atomic E-state index is 0.00943. The predicted molar refractivity (Wildman–Crippen MR) is 176 cm³/mol. The fourth-order valence-electron chi connectivity index (χ4n) is 4.72. The zero-order valence-corrected chi connectivity index (χ0v) is 27.1. The normalized spacial score (nSPS) is 12.3. The Hall–Kier alpha value is -3.85. The van der Waals surface area contributed by atoms with Crippen molar-refractivity contribution in [1.29, 1.82) is 0 Å². The Balaban J connectivity index is 1.82. The lowest BCUT2D eigenvalue weighted by atomic mass is 10.0. The van der Waals surface area contributed by atoms with E-state index in [1.807, 2.05) is 81.4 Å². The number of sulfonamides is 1. The molecule has 0 spiro atoms. The first-order valence-electron chi connectivity index (χ1n) is 14.1. The van der Waals surface area contributed by atoms with Gasteiger partial charge >= 0.3 is 0 Å². The number of carbonyl (C=O) groups is 2. The van der Waals surface area contributed by atoms with Crippen LogP contribution in [0.5, 0.6) is 0 Å². The average molecular weight is 653 g/mol. The summed E-state index contributed by atoms with van der Waals surface area (Å²) in [6.45, 7) is 5.07. The second-order valence-corrected chi connectivity index (χ2v) is 14.1. The standard InChI is InChI=1S/C34H35Cl2N3O4S/c1-34(2,3)37-33(41)31(19-25-13-7-4-8-14-25)38(23-26-15-9-5-10-16-26)32(40)24-39(29-21-27(35)20-28(36)22-29)44(42,43)30-17-11-6-12-18-30/h4-18,20-22,31H,19,23-24H2,1-3H3,(H,37,41)/t31-/m1/s1. The molecule has 44 heavy (non-hydrogen) atoms. The number of hydrogen-bond donors (Lipinski definition) is 1. The summed E-state index contributed by atoms with van der Waals surface area (Å²) in [6, 6.07) is 29.9. The Morgan fingerprint density at radius 2 is 1.27 bits per heavy atom. The molecule has 4 rings (SSSR count). The van der Waals surface area contributed by atoms with Gasteiger partial charge in [0.05, 0.1) is 10.6 Å². The van der Waals surface area contributed by atoms with Gasteiger partial charge in [-0.1, -0.05) is 102 Å². The Bertz CT molecular complexity index is 1660. The lowest BCUT2D eigenvalue weighted by Gasteiger charge is -2.35. The van der Waals surface area contributed by atoms with Crippen LogP contribution in [0, 0.1) is 0 Å². The molecular formula is C34H35Cl2N3O4S. The number of carbonyl (C=O) groups excluding carboxylic acids is 2. The number of amides is 2. The molecule has 10 heteroatoms. The summed E-state index contributed by atoms with van der Waals surface area (Å²) in [7, 11) is -4.25. The molecule has 0 aromatic heterocycles. The molecule has 0 unspecified atom stereocenters. The molecule has 0 fully saturated rings. The number of benzene rings is 4. The zero-order valence-electron chi connectivity index (χ0n) is 24.8. The van der Waals surface area contributed by atoms with Crippen LogP contribution < -0.4 is 9.62 Å². The van der Waals surface area contributed by atoms with Gasteiger partial charge < -0.3 is 10.2 Å². The molecule has 0 radical (unpaired) electrons. The van der Waals surface area contributed by atoms with Crippen molar-refractivity contribution >= 4 is 50.7 Å². The summed E-state index contributed by atoms with van der Waals surface area (Å²) in [5.41, 5.74) is 1.18. The lowest BCUT2D eigenvalue weighted by molar-refractivity contribution is -0.140. The van der Waals surface area contributed by atoms with Crippen LogP contribution in [0.15, 0.2) is 114 Å². The van der Waals surface area contributed by atoms with E-state index in [4.69, 9.17) is 23.2 Å². The van der Waals surface area contributed by atoms with Crippen LogP contribution in [0.25, 0.3) is 0 Å². The molecule has 4 aromatic carbocycles. The summed E-state index contributed by atoms with van der Waals surface area (Å²) in [5.74, 6) is -0.927. The van der Waals surface area contributed by atoms with Gasteiger partial charge in [0, 0.05) is 28.5 Å². The van der Waals surface area contributed by atoms with Gasteiger partial charge in [-0.05, 0) is 62.2 Å².